The van der Waals surface area contributed by atoms with Crippen molar-refractivity contribution in [3.8, 4) is 0 Å². The predicted molar refractivity (Wildman–Crippen MR) is 87.5 cm³/mol. The van der Waals surface area contributed by atoms with E-state index in [0.717, 1.165) is 64.0 Å². The Morgan fingerprint density at radius 3 is 2.86 bits per heavy atom. The monoisotopic (exact) mass is 307 g/mol. The lowest BCUT2D eigenvalue weighted by atomic mass is 9.97. The van der Waals surface area contributed by atoms with Crippen LogP contribution in [0.2, 0.25) is 0 Å². The molecule has 5 nitrogen and oxygen atoms in total. The number of hydrogen-bond donors (Lipinski definition) is 2. The topological polar surface area (TPSA) is 61.4 Å². The van der Waals surface area contributed by atoms with E-state index in [9.17, 15) is 9.59 Å². The molecule has 2 rings (SSSR count). The molecule has 0 bridgehead atoms. The molecule has 124 valence electrons. The number of carbonyl (C=O) groups excluding carboxylic acids is 2. The largest absolute Gasteiger partial charge is 0.365 e. The van der Waals surface area contributed by atoms with Gasteiger partial charge in [0.15, 0.2) is 5.78 Å². The van der Waals surface area contributed by atoms with E-state index in [2.05, 4.69) is 21.6 Å². The van der Waals surface area contributed by atoms with E-state index in [4.69, 9.17) is 0 Å². The van der Waals surface area contributed by atoms with Gasteiger partial charge in [-0.15, -0.1) is 0 Å². The fourth-order valence-corrected chi connectivity index (χ4v) is 3.24. The first-order valence-corrected chi connectivity index (χ1v) is 8.69. The summed E-state index contributed by atoms with van der Waals surface area (Å²) in [5.74, 6) is 0.315. The number of hydrogen-bond acceptors (Lipinski definition) is 4. The Morgan fingerprint density at radius 1 is 1.27 bits per heavy atom. The van der Waals surface area contributed by atoms with E-state index in [-0.39, 0.29) is 17.7 Å². The van der Waals surface area contributed by atoms with Crippen LogP contribution in [0, 0.1) is 0 Å². The number of rotatable bonds is 2. The van der Waals surface area contributed by atoms with Crippen LogP contribution in [0.15, 0.2) is 11.8 Å². The van der Waals surface area contributed by atoms with Crippen molar-refractivity contribution in [3.63, 3.8) is 0 Å². The van der Waals surface area contributed by atoms with Crippen molar-refractivity contribution in [3.05, 3.63) is 11.8 Å². The second-order valence-corrected chi connectivity index (χ2v) is 6.16. The van der Waals surface area contributed by atoms with Crippen molar-refractivity contribution >= 4 is 11.7 Å². The van der Waals surface area contributed by atoms with Gasteiger partial charge >= 0.3 is 0 Å². The molecule has 0 aromatic rings. The highest BCUT2D eigenvalue weighted by molar-refractivity contribution is 5.94. The zero-order chi connectivity index (χ0) is 15.8. The number of allylic oxidation sites excluding steroid dienone is 2. The summed E-state index contributed by atoms with van der Waals surface area (Å²) in [7, 11) is 0. The van der Waals surface area contributed by atoms with Crippen LogP contribution in [-0.4, -0.2) is 48.8 Å². The van der Waals surface area contributed by atoms with E-state index in [0.29, 0.717) is 12.8 Å². The molecule has 0 spiro atoms. The molecule has 1 amide bonds. The molecule has 1 saturated heterocycles. The number of amides is 1. The molecule has 0 saturated carbocycles. The molecule has 22 heavy (non-hydrogen) atoms. The van der Waals surface area contributed by atoms with Crippen molar-refractivity contribution in [2.75, 3.05) is 26.2 Å². The van der Waals surface area contributed by atoms with E-state index in [1.54, 1.807) is 0 Å². The smallest absolute Gasteiger partial charge is 0.222 e. The number of Topliss-reactive ketones (excluding diaryl/α,β-unsaturated/α-hetero) is 1. The van der Waals surface area contributed by atoms with Gasteiger partial charge in [-0.25, -0.2) is 0 Å². The summed E-state index contributed by atoms with van der Waals surface area (Å²) in [5, 5.41) is 6.46. The third-order valence-corrected chi connectivity index (χ3v) is 4.47. The normalized spacial score (nSPS) is 25.0. The molecule has 2 aliphatic heterocycles. The summed E-state index contributed by atoms with van der Waals surface area (Å²) < 4.78 is 0. The molecule has 2 heterocycles. The zero-order valence-electron chi connectivity index (χ0n) is 13.7. The van der Waals surface area contributed by atoms with Gasteiger partial charge in [0, 0.05) is 32.0 Å². The Kier molecular flexibility index (Phi) is 6.90. The van der Waals surface area contributed by atoms with Crippen molar-refractivity contribution in [1.82, 2.24) is 15.5 Å². The predicted octanol–water partition coefficient (Wildman–Crippen LogP) is 1.59. The van der Waals surface area contributed by atoms with Gasteiger partial charge < -0.3 is 15.5 Å². The lowest BCUT2D eigenvalue weighted by Gasteiger charge is -2.37. The lowest BCUT2D eigenvalue weighted by molar-refractivity contribution is -0.123. The van der Waals surface area contributed by atoms with Crippen molar-refractivity contribution < 1.29 is 9.59 Å². The van der Waals surface area contributed by atoms with E-state index < -0.39 is 0 Å². The lowest BCUT2D eigenvalue weighted by Crippen LogP contribution is -2.43. The Bertz CT molecular complexity index is 420. The average Bonchev–Trinajstić information content (AvgIpc) is 2.54. The Labute approximate surface area is 133 Å². The van der Waals surface area contributed by atoms with Crippen molar-refractivity contribution in [2.24, 2.45) is 0 Å². The highest BCUT2D eigenvalue weighted by atomic mass is 16.1. The minimum atomic E-state index is 0.118. The molecule has 0 aromatic carbocycles. The average molecular weight is 307 g/mol. The first-order valence-electron chi connectivity index (χ1n) is 8.69. The molecule has 2 N–H and O–H groups in total. The molecule has 1 atom stereocenters. The van der Waals surface area contributed by atoms with Crippen LogP contribution in [0.1, 0.15) is 51.9 Å². The standard InChI is InChI=1S/C17H29N3O2/c1-2-16(21)15-8-5-7-14-13-17(22)19-11-4-3-9-18-10-6-12-20(14)15/h8,14,18H,2-7,9-13H2,1H3,(H,19,22)/t14-/m1/s1. The van der Waals surface area contributed by atoms with Crippen LogP contribution in [0.3, 0.4) is 0 Å². The maximum atomic E-state index is 12.2. The molecule has 5 heteroatoms. The summed E-state index contributed by atoms with van der Waals surface area (Å²) >= 11 is 0. The number of fused-ring (bicyclic) bond motifs is 1. The van der Waals surface area contributed by atoms with E-state index in [1.165, 1.54) is 0 Å². The second-order valence-electron chi connectivity index (χ2n) is 6.16. The third kappa shape index (κ3) is 4.83. The summed E-state index contributed by atoms with van der Waals surface area (Å²) in [4.78, 5) is 26.5. The van der Waals surface area contributed by atoms with Crippen molar-refractivity contribution in [2.45, 2.75) is 57.9 Å². The molecule has 0 unspecified atom stereocenters. The van der Waals surface area contributed by atoms with Gasteiger partial charge in [-0.1, -0.05) is 13.0 Å². The minimum Gasteiger partial charge on any atom is -0.365 e. The van der Waals surface area contributed by atoms with Gasteiger partial charge in [0.25, 0.3) is 0 Å². The fraction of sp³-hybridized carbons (Fsp3) is 0.765. The zero-order valence-corrected chi connectivity index (χ0v) is 13.7. The summed E-state index contributed by atoms with van der Waals surface area (Å²) in [6.45, 7) is 5.47. The van der Waals surface area contributed by atoms with Crippen LogP contribution in [0.5, 0.6) is 0 Å². The Balaban J connectivity index is 2.09. The Hall–Kier alpha value is -1.36. The van der Waals surface area contributed by atoms with Crippen LogP contribution < -0.4 is 10.6 Å². The van der Waals surface area contributed by atoms with Crippen LogP contribution in [-0.2, 0) is 9.59 Å². The number of ketones is 1. The van der Waals surface area contributed by atoms with Crippen LogP contribution in [0.25, 0.3) is 0 Å². The van der Waals surface area contributed by atoms with Crippen LogP contribution in [0.4, 0.5) is 0 Å². The van der Waals surface area contributed by atoms with Gasteiger partial charge in [-0.3, -0.25) is 9.59 Å². The Morgan fingerprint density at radius 2 is 2.05 bits per heavy atom. The first-order chi connectivity index (χ1) is 10.7. The maximum absolute atomic E-state index is 12.2. The highest BCUT2D eigenvalue weighted by Gasteiger charge is 2.28. The van der Waals surface area contributed by atoms with E-state index in [1.807, 2.05) is 6.92 Å². The van der Waals surface area contributed by atoms with Gasteiger partial charge in [-0.2, -0.15) is 0 Å². The molecular formula is C17H29N3O2. The van der Waals surface area contributed by atoms with Crippen molar-refractivity contribution in [1.29, 1.82) is 0 Å². The summed E-state index contributed by atoms with van der Waals surface area (Å²) in [5.41, 5.74) is 0.835. The summed E-state index contributed by atoms with van der Waals surface area (Å²) in [6.07, 6.45) is 8.06. The third-order valence-electron chi connectivity index (χ3n) is 4.47. The minimum absolute atomic E-state index is 0.118. The van der Waals surface area contributed by atoms with Crippen LogP contribution >= 0.6 is 0 Å². The number of carbonyl (C=O) groups is 2. The maximum Gasteiger partial charge on any atom is 0.222 e. The fourth-order valence-electron chi connectivity index (χ4n) is 3.24. The van der Waals surface area contributed by atoms with Gasteiger partial charge in [0.05, 0.1) is 5.70 Å². The first kappa shape index (κ1) is 17.0. The molecule has 0 aromatic heterocycles. The quantitative estimate of drug-likeness (QED) is 0.813. The molecule has 0 radical (unpaired) electrons. The molecule has 1 fully saturated rings. The SMILES string of the molecule is CCC(=O)C1=CCC[C@@H]2CC(=O)NCCCCNCCCN12. The van der Waals surface area contributed by atoms with Gasteiger partial charge in [-0.05, 0) is 45.2 Å². The van der Waals surface area contributed by atoms with Gasteiger partial charge in [0.2, 0.25) is 5.91 Å². The number of nitrogens with one attached hydrogen (secondary N) is 2. The number of nitrogens with zero attached hydrogens (tertiary/aromatic N) is 1. The molecule has 0 aliphatic carbocycles. The second kappa shape index (κ2) is 8.93. The summed E-state index contributed by atoms with van der Waals surface area (Å²) in [6, 6.07) is 0.163. The van der Waals surface area contributed by atoms with Gasteiger partial charge in [0.1, 0.15) is 0 Å². The van der Waals surface area contributed by atoms with E-state index >= 15 is 0 Å². The highest BCUT2D eigenvalue weighted by Crippen LogP contribution is 2.25. The molecular weight excluding hydrogens is 278 g/mol. The molecule has 2 aliphatic rings.